The van der Waals surface area contributed by atoms with Crippen molar-refractivity contribution in [3.8, 4) is 0 Å². The van der Waals surface area contributed by atoms with Crippen molar-refractivity contribution in [3.63, 3.8) is 0 Å². The molecule has 1 heterocycles. The summed E-state index contributed by atoms with van der Waals surface area (Å²) in [6.45, 7) is 0. The van der Waals surface area contributed by atoms with E-state index in [0.717, 1.165) is 24.1 Å². The molecule has 0 unspecified atom stereocenters. The van der Waals surface area contributed by atoms with E-state index in [1.807, 2.05) is 6.07 Å². The lowest BCUT2D eigenvalue weighted by Crippen LogP contribution is -2.17. The number of nitrogens with one attached hydrogen (secondary N) is 1. The smallest absolute Gasteiger partial charge is 0.161 e. The van der Waals surface area contributed by atoms with Crippen LogP contribution in [0, 0.1) is 0 Å². The maximum atomic E-state index is 12.2. The van der Waals surface area contributed by atoms with Gasteiger partial charge >= 0.3 is 0 Å². The predicted octanol–water partition coefficient (Wildman–Crippen LogP) is 4.03. The zero-order valence-corrected chi connectivity index (χ0v) is 11.8. The van der Waals surface area contributed by atoms with E-state index in [1.54, 1.807) is 0 Å². The van der Waals surface area contributed by atoms with Crippen LogP contribution < -0.4 is 5.32 Å². The maximum Gasteiger partial charge on any atom is 0.161 e. The third-order valence-electron chi connectivity index (χ3n) is 4.43. The van der Waals surface area contributed by atoms with Gasteiger partial charge in [0.2, 0.25) is 0 Å². The summed E-state index contributed by atoms with van der Waals surface area (Å²) in [5.74, 6) is 0.279. The van der Waals surface area contributed by atoms with Gasteiger partial charge in [0.25, 0.3) is 0 Å². The average molecular weight is 275 g/mol. The number of rotatable bonds is 1. The van der Waals surface area contributed by atoms with E-state index in [0.29, 0.717) is 6.42 Å². The van der Waals surface area contributed by atoms with Gasteiger partial charge < -0.3 is 5.32 Å². The Kier molecular flexibility index (Phi) is 2.88. The normalized spacial score (nSPS) is 20.1. The van der Waals surface area contributed by atoms with Gasteiger partial charge in [0.05, 0.1) is 6.04 Å². The number of anilines is 1. The van der Waals surface area contributed by atoms with E-state index in [-0.39, 0.29) is 11.8 Å². The second-order valence-corrected chi connectivity index (χ2v) is 5.73. The molecule has 1 atom stereocenters. The van der Waals surface area contributed by atoms with Crippen LogP contribution in [-0.2, 0) is 11.2 Å². The van der Waals surface area contributed by atoms with Crippen LogP contribution in [0.25, 0.3) is 0 Å². The van der Waals surface area contributed by atoms with E-state index in [4.69, 9.17) is 0 Å². The largest absolute Gasteiger partial charge is 0.374 e. The minimum Gasteiger partial charge on any atom is -0.374 e. The van der Waals surface area contributed by atoms with Gasteiger partial charge in [0.1, 0.15) is 0 Å². The molecule has 1 aliphatic carbocycles. The molecular weight excluding hydrogens is 258 g/mol. The Morgan fingerprint density at radius 3 is 2.52 bits per heavy atom. The Bertz CT molecular complexity index is 745. The monoisotopic (exact) mass is 275 g/mol. The molecule has 2 aromatic rings. The van der Waals surface area contributed by atoms with E-state index in [1.165, 1.54) is 16.7 Å². The van der Waals surface area contributed by atoms with Crippen LogP contribution in [0.1, 0.15) is 35.6 Å². The number of para-hydroxylation sites is 1. The molecule has 0 spiro atoms. The Labute approximate surface area is 124 Å². The first-order chi connectivity index (χ1) is 10.3. The van der Waals surface area contributed by atoms with E-state index in [9.17, 15) is 4.79 Å². The van der Waals surface area contributed by atoms with Crippen molar-refractivity contribution in [1.82, 2.24) is 0 Å². The highest BCUT2D eigenvalue weighted by molar-refractivity contribution is 5.99. The fraction of sp³-hybridized carbons (Fsp3) is 0.211. The summed E-state index contributed by atoms with van der Waals surface area (Å²) in [6, 6.07) is 16.8. The van der Waals surface area contributed by atoms with Gasteiger partial charge in [0.15, 0.2) is 5.78 Å². The number of Topliss-reactive ketones (excluding diaryl/α,β-unsaturated/α-hetero) is 1. The molecule has 4 rings (SSSR count). The second-order valence-electron chi connectivity index (χ2n) is 5.73. The minimum atomic E-state index is -0.0140. The number of allylic oxidation sites excluding steroid dienone is 1. The van der Waals surface area contributed by atoms with Gasteiger partial charge in [-0.05, 0) is 35.6 Å². The highest BCUT2D eigenvalue weighted by Crippen LogP contribution is 2.37. The fourth-order valence-electron chi connectivity index (χ4n) is 3.37. The lowest BCUT2D eigenvalue weighted by molar-refractivity contribution is -0.115. The highest BCUT2D eigenvalue weighted by atomic mass is 16.1. The third-order valence-corrected chi connectivity index (χ3v) is 4.43. The Morgan fingerprint density at radius 1 is 0.952 bits per heavy atom. The van der Waals surface area contributed by atoms with Crippen molar-refractivity contribution in [2.75, 3.05) is 5.32 Å². The van der Waals surface area contributed by atoms with E-state index >= 15 is 0 Å². The van der Waals surface area contributed by atoms with E-state index in [2.05, 4.69) is 53.9 Å². The molecular formula is C19H17NO. The lowest BCUT2D eigenvalue weighted by Gasteiger charge is -2.21. The first-order valence-corrected chi connectivity index (χ1v) is 7.48. The predicted molar refractivity (Wildman–Crippen MR) is 84.4 cm³/mol. The summed E-state index contributed by atoms with van der Waals surface area (Å²) in [4.78, 5) is 12.2. The fourth-order valence-corrected chi connectivity index (χ4v) is 3.37. The molecule has 0 fully saturated rings. The van der Waals surface area contributed by atoms with Gasteiger partial charge in [-0.1, -0.05) is 48.5 Å². The van der Waals surface area contributed by atoms with Crippen LogP contribution in [0.15, 0.2) is 60.2 Å². The third kappa shape index (κ3) is 2.07. The van der Waals surface area contributed by atoms with Crippen LogP contribution in [0.5, 0.6) is 0 Å². The summed E-state index contributed by atoms with van der Waals surface area (Å²) in [5.41, 5.74) is 5.90. The van der Waals surface area contributed by atoms with Crippen molar-refractivity contribution in [1.29, 1.82) is 0 Å². The zero-order valence-electron chi connectivity index (χ0n) is 11.8. The van der Waals surface area contributed by atoms with Crippen LogP contribution in [0.3, 0.4) is 0 Å². The number of benzene rings is 2. The Hall–Kier alpha value is -2.35. The average Bonchev–Trinajstić information content (AvgIpc) is 2.85. The number of carbonyl (C=O) groups is 1. The van der Waals surface area contributed by atoms with Gasteiger partial charge in [-0.2, -0.15) is 0 Å². The van der Waals surface area contributed by atoms with Gasteiger partial charge in [0, 0.05) is 17.7 Å². The Balaban J connectivity index is 1.88. The van der Waals surface area contributed by atoms with Crippen molar-refractivity contribution in [2.24, 2.45) is 0 Å². The minimum absolute atomic E-state index is 0.0140. The molecule has 0 bridgehead atoms. The number of hydrogen-bond acceptors (Lipinski definition) is 2. The van der Waals surface area contributed by atoms with Crippen LogP contribution in [0.2, 0.25) is 0 Å². The molecule has 2 heteroatoms. The van der Waals surface area contributed by atoms with Crippen LogP contribution >= 0.6 is 0 Å². The molecule has 0 radical (unpaired) electrons. The standard InChI is InChI=1S/C19H17NO/c21-18-11-5-9-16(18)19-15-8-3-1-6-13(15)12-14-7-2-4-10-17(14)20-19/h1-4,6-10,19-20H,5,11-12H2/t19-/m0/s1. The van der Waals surface area contributed by atoms with Crippen molar-refractivity contribution in [3.05, 3.63) is 76.9 Å². The number of fused-ring (bicyclic) bond motifs is 2. The molecule has 1 N–H and O–H groups in total. The van der Waals surface area contributed by atoms with E-state index < -0.39 is 0 Å². The van der Waals surface area contributed by atoms with Crippen LogP contribution in [0.4, 0.5) is 5.69 Å². The lowest BCUT2D eigenvalue weighted by atomic mass is 9.92. The molecule has 0 aromatic heterocycles. The molecule has 2 aromatic carbocycles. The number of hydrogen-bond donors (Lipinski definition) is 1. The molecule has 0 saturated carbocycles. The molecule has 1 aliphatic heterocycles. The summed E-state index contributed by atoms with van der Waals surface area (Å²) >= 11 is 0. The summed E-state index contributed by atoms with van der Waals surface area (Å²) in [5, 5.41) is 3.60. The summed E-state index contributed by atoms with van der Waals surface area (Å²) in [7, 11) is 0. The molecule has 0 saturated heterocycles. The van der Waals surface area contributed by atoms with Gasteiger partial charge in [-0.3, -0.25) is 4.79 Å². The molecule has 2 aliphatic rings. The van der Waals surface area contributed by atoms with Gasteiger partial charge in [-0.15, -0.1) is 0 Å². The first-order valence-electron chi connectivity index (χ1n) is 7.48. The number of ketones is 1. The topological polar surface area (TPSA) is 29.1 Å². The SMILES string of the molecule is O=C1CCC=C1[C@H]1Nc2ccccc2Cc2ccccc21. The van der Waals surface area contributed by atoms with Crippen molar-refractivity contribution >= 4 is 11.5 Å². The van der Waals surface area contributed by atoms with Crippen molar-refractivity contribution < 1.29 is 4.79 Å². The second kappa shape index (κ2) is 4.88. The highest BCUT2D eigenvalue weighted by Gasteiger charge is 2.29. The first kappa shape index (κ1) is 12.4. The zero-order chi connectivity index (χ0) is 14.2. The Morgan fingerprint density at radius 2 is 1.71 bits per heavy atom. The quantitative estimate of drug-likeness (QED) is 0.851. The molecule has 2 nitrogen and oxygen atoms in total. The number of carbonyl (C=O) groups excluding carboxylic acids is 1. The molecule has 21 heavy (non-hydrogen) atoms. The van der Waals surface area contributed by atoms with Crippen molar-refractivity contribution in [2.45, 2.75) is 25.3 Å². The molecule has 104 valence electrons. The summed E-state index contributed by atoms with van der Waals surface area (Å²) < 4.78 is 0. The molecule has 0 amide bonds. The maximum absolute atomic E-state index is 12.2. The summed E-state index contributed by atoms with van der Waals surface area (Å²) in [6.07, 6.45) is 4.54. The van der Waals surface area contributed by atoms with Crippen LogP contribution in [-0.4, -0.2) is 5.78 Å². The van der Waals surface area contributed by atoms with Gasteiger partial charge in [-0.25, -0.2) is 0 Å².